The summed E-state index contributed by atoms with van der Waals surface area (Å²) < 4.78 is 19.9. The SMILES string of the molecule is CCCc1c(OCO)c(F)cc2nc(Cl)sc12. The molecule has 0 amide bonds. The fraction of sp³-hybridized carbons (Fsp3) is 0.364. The van der Waals surface area contributed by atoms with Crippen molar-refractivity contribution >= 4 is 33.2 Å². The highest BCUT2D eigenvalue weighted by atomic mass is 35.5. The molecule has 0 aliphatic carbocycles. The van der Waals surface area contributed by atoms with Gasteiger partial charge in [-0.15, -0.1) is 11.3 Å². The number of aryl methyl sites for hydroxylation is 1. The van der Waals surface area contributed by atoms with E-state index in [-0.39, 0.29) is 5.75 Å². The number of hydrogen-bond acceptors (Lipinski definition) is 4. The summed E-state index contributed by atoms with van der Waals surface area (Å²) in [7, 11) is 0. The maximum atomic E-state index is 13.8. The van der Waals surface area contributed by atoms with Crippen molar-refractivity contribution in [2.75, 3.05) is 6.79 Å². The maximum absolute atomic E-state index is 13.8. The van der Waals surface area contributed by atoms with Crippen LogP contribution in [-0.4, -0.2) is 16.9 Å². The molecule has 0 saturated heterocycles. The van der Waals surface area contributed by atoms with Crippen LogP contribution in [0, 0.1) is 5.82 Å². The predicted molar refractivity (Wildman–Crippen MR) is 66.3 cm³/mol. The second-order valence-electron chi connectivity index (χ2n) is 3.50. The highest BCUT2D eigenvalue weighted by molar-refractivity contribution is 7.22. The molecule has 2 aromatic rings. The Hall–Kier alpha value is -0.910. The van der Waals surface area contributed by atoms with E-state index in [1.807, 2.05) is 6.92 Å². The van der Waals surface area contributed by atoms with Crippen molar-refractivity contribution in [2.24, 2.45) is 0 Å². The van der Waals surface area contributed by atoms with Crippen molar-refractivity contribution in [3.8, 4) is 5.75 Å². The van der Waals surface area contributed by atoms with Crippen molar-refractivity contribution < 1.29 is 14.2 Å². The Balaban J connectivity index is 2.68. The number of hydrogen-bond donors (Lipinski definition) is 1. The lowest BCUT2D eigenvalue weighted by molar-refractivity contribution is 0.0936. The zero-order chi connectivity index (χ0) is 12.4. The molecule has 0 fully saturated rings. The smallest absolute Gasteiger partial charge is 0.186 e. The first-order valence-electron chi connectivity index (χ1n) is 5.18. The number of halogens is 2. The third-order valence-electron chi connectivity index (χ3n) is 2.36. The number of aliphatic hydroxyl groups is 1. The second kappa shape index (κ2) is 5.16. The van der Waals surface area contributed by atoms with Gasteiger partial charge in [0.05, 0.1) is 10.2 Å². The summed E-state index contributed by atoms with van der Waals surface area (Å²) in [5.41, 5.74) is 1.26. The summed E-state index contributed by atoms with van der Waals surface area (Å²) in [5.74, 6) is -0.417. The first-order valence-corrected chi connectivity index (χ1v) is 6.37. The molecule has 3 nitrogen and oxygen atoms in total. The summed E-state index contributed by atoms with van der Waals surface area (Å²) in [5, 5.41) is 8.79. The highest BCUT2D eigenvalue weighted by Gasteiger charge is 2.17. The Kier molecular flexibility index (Phi) is 3.81. The van der Waals surface area contributed by atoms with Crippen LogP contribution in [0.25, 0.3) is 10.2 Å². The van der Waals surface area contributed by atoms with E-state index in [1.165, 1.54) is 17.4 Å². The summed E-state index contributed by atoms with van der Waals surface area (Å²) in [6, 6.07) is 1.28. The molecule has 0 aliphatic heterocycles. The maximum Gasteiger partial charge on any atom is 0.186 e. The van der Waals surface area contributed by atoms with Gasteiger partial charge in [0.1, 0.15) is 0 Å². The Labute approximate surface area is 107 Å². The van der Waals surface area contributed by atoms with Gasteiger partial charge in [0.25, 0.3) is 0 Å². The van der Waals surface area contributed by atoms with Gasteiger partial charge < -0.3 is 9.84 Å². The normalized spacial score (nSPS) is 11.1. The van der Waals surface area contributed by atoms with Crippen molar-refractivity contribution in [2.45, 2.75) is 19.8 Å². The minimum atomic E-state index is -0.550. The van der Waals surface area contributed by atoms with Gasteiger partial charge in [0.2, 0.25) is 0 Å². The third kappa shape index (κ3) is 2.36. The molecule has 0 spiro atoms. The topological polar surface area (TPSA) is 42.4 Å². The molecular weight excluding hydrogens is 265 g/mol. The molecule has 92 valence electrons. The van der Waals surface area contributed by atoms with Crippen LogP contribution in [0.2, 0.25) is 4.47 Å². The average molecular weight is 276 g/mol. The van der Waals surface area contributed by atoms with Crippen LogP contribution < -0.4 is 4.74 Å². The highest BCUT2D eigenvalue weighted by Crippen LogP contribution is 2.37. The number of rotatable bonds is 4. The van der Waals surface area contributed by atoms with Gasteiger partial charge in [0.15, 0.2) is 22.8 Å². The fourth-order valence-electron chi connectivity index (χ4n) is 1.75. The number of aromatic nitrogens is 1. The predicted octanol–water partition coefficient (Wildman–Crippen LogP) is 3.37. The molecule has 1 aromatic heterocycles. The van der Waals surface area contributed by atoms with Gasteiger partial charge in [-0.1, -0.05) is 24.9 Å². The zero-order valence-electron chi connectivity index (χ0n) is 9.17. The Morgan fingerprint density at radius 3 is 3.00 bits per heavy atom. The molecule has 0 unspecified atom stereocenters. The van der Waals surface area contributed by atoms with Gasteiger partial charge in [-0.25, -0.2) is 9.37 Å². The standard InChI is InChI=1S/C11H11ClFNO2S/c1-2-3-6-9(16-5-15)7(13)4-8-10(6)17-11(12)14-8/h4,15H,2-3,5H2,1H3. The first kappa shape index (κ1) is 12.5. The Bertz CT molecular complexity index is 544. The van der Waals surface area contributed by atoms with Gasteiger partial charge >= 0.3 is 0 Å². The van der Waals surface area contributed by atoms with E-state index in [4.69, 9.17) is 21.4 Å². The van der Waals surface area contributed by atoms with E-state index < -0.39 is 12.6 Å². The molecule has 0 atom stereocenters. The zero-order valence-corrected chi connectivity index (χ0v) is 10.7. The molecule has 1 aromatic carbocycles. The fourth-order valence-corrected chi connectivity index (χ4v) is 2.91. The minimum absolute atomic E-state index is 0.0992. The quantitative estimate of drug-likeness (QED) is 0.870. The number of nitrogens with zero attached hydrogens (tertiary/aromatic N) is 1. The largest absolute Gasteiger partial charge is 0.464 e. The lowest BCUT2D eigenvalue weighted by Gasteiger charge is -2.10. The van der Waals surface area contributed by atoms with Crippen LogP contribution >= 0.6 is 22.9 Å². The third-order valence-corrected chi connectivity index (χ3v) is 3.60. The van der Waals surface area contributed by atoms with Crippen molar-refractivity contribution in [3.63, 3.8) is 0 Å². The van der Waals surface area contributed by atoms with Crippen LogP contribution in [-0.2, 0) is 6.42 Å². The Morgan fingerprint density at radius 2 is 2.35 bits per heavy atom. The average Bonchev–Trinajstić information content (AvgIpc) is 2.64. The van der Waals surface area contributed by atoms with E-state index in [0.29, 0.717) is 16.4 Å². The molecule has 17 heavy (non-hydrogen) atoms. The lowest BCUT2D eigenvalue weighted by Crippen LogP contribution is -2.01. The Morgan fingerprint density at radius 1 is 1.59 bits per heavy atom. The number of benzene rings is 1. The molecule has 1 N–H and O–H groups in total. The van der Waals surface area contributed by atoms with Gasteiger partial charge in [-0.05, 0) is 6.42 Å². The summed E-state index contributed by atoms with van der Waals surface area (Å²) in [6.07, 6.45) is 1.50. The van der Waals surface area contributed by atoms with Gasteiger partial charge in [0, 0.05) is 11.6 Å². The molecule has 0 bridgehead atoms. The monoisotopic (exact) mass is 275 g/mol. The van der Waals surface area contributed by atoms with Crippen LogP contribution in [0.5, 0.6) is 5.75 Å². The van der Waals surface area contributed by atoms with Crippen molar-refractivity contribution in [1.82, 2.24) is 4.98 Å². The molecule has 1 heterocycles. The number of fused-ring (bicyclic) bond motifs is 1. The van der Waals surface area contributed by atoms with Crippen LogP contribution in [0.15, 0.2) is 6.07 Å². The number of ether oxygens (including phenoxy) is 1. The first-order chi connectivity index (χ1) is 8.17. The lowest BCUT2D eigenvalue weighted by atomic mass is 10.1. The number of aliphatic hydroxyl groups excluding tert-OH is 1. The van der Waals surface area contributed by atoms with Gasteiger partial charge in [-0.3, -0.25) is 0 Å². The molecule has 6 heteroatoms. The van der Waals surface area contributed by atoms with Gasteiger partial charge in [-0.2, -0.15) is 0 Å². The van der Waals surface area contributed by atoms with Crippen LogP contribution in [0.1, 0.15) is 18.9 Å². The second-order valence-corrected chi connectivity index (χ2v) is 5.09. The van der Waals surface area contributed by atoms with Crippen LogP contribution in [0.3, 0.4) is 0 Å². The molecule has 0 aliphatic rings. The van der Waals surface area contributed by atoms with E-state index in [2.05, 4.69) is 4.98 Å². The molecular formula is C11H11ClFNO2S. The number of thiazole rings is 1. The van der Waals surface area contributed by atoms with E-state index in [0.717, 1.165) is 16.7 Å². The molecule has 2 rings (SSSR count). The summed E-state index contributed by atoms with van der Waals surface area (Å²) >= 11 is 7.13. The summed E-state index contributed by atoms with van der Waals surface area (Å²) in [4.78, 5) is 4.04. The van der Waals surface area contributed by atoms with E-state index in [1.54, 1.807) is 0 Å². The van der Waals surface area contributed by atoms with E-state index in [9.17, 15) is 4.39 Å². The van der Waals surface area contributed by atoms with Crippen molar-refractivity contribution in [3.05, 3.63) is 21.9 Å². The molecule has 0 saturated carbocycles. The molecule has 0 radical (unpaired) electrons. The van der Waals surface area contributed by atoms with E-state index >= 15 is 0 Å². The van der Waals surface area contributed by atoms with Crippen molar-refractivity contribution in [1.29, 1.82) is 0 Å². The van der Waals surface area contributed by atoms with Crippen LogP contribution in [0.4, 0.5) is 4.39 Å². The summed E-state index contributed by atoms with van der Waals surface area (Å²) in [6.45, 7) is 1.44. The minimum Gasteiger partial charge on any atom is -0.464 e.